The third kappa shape index (κ3) is 3.35. The molecule has 0 atom stereocenters. The largest absolute Gasteiger partial charge is 0.288 e. The fourth-order valence-corrected chi connectivity index (χ4v) is 2.12. The molecule has 0 aliphatic heterocycles. The Labute approximate surface area is 111 Å². The van der Waals surface area contributed by atoms with E-state index in [1.54, 1.807) is 13.1 Å². The molecule has 90 valence electrons. The Bertz CT molecular complexity index is 620. The summed E-state index contributed by atoms with van der Waals surface area (Å²) >= 11 is 1.32. The van der Waals surface area contributed by atoms with Gasteiger partial charge in [-0.15, -0.1) is 0 Å². The first kappa shape index (κ1) is 12.7. The van der Waals surface area contributed by atoms with Crippen molar-refractivity contribution in [1.29, 1.82) is 0 Å². The van der Waals surface area contributed by atoms with Crippen LogP contribution < -0.4 is 0 Å². The SMILES string of the molecule is CC(=O)SCCC#Cc1cccc2ccncc12. The number of fused-ring (bicyclic) bond motifs is 1. The number of carbonyl (C=O) groups is 1. The molecular formula is C15H13NOS. The molecule has 1 aromatic heterocycles. The summed E-state index contributed by atoms with van der Waals surface area (Å²) in [6.07, 6.45) is 4.34. The van der Waals surface area contributed by atoms with Gasteiger partial charge >= 0.3 is 0 Å². The van der Waals surface area contributed by atoms with E-state index >= 15 is 0 Å². The Morgan fingerprint density at radius 1 is 1.39 bits per heavy atom. The smallest absolute Gasteiger partial charge is 0.185 e. The lowest BCUT2D eigenvalue weighted by Gasteiger charge is -1.98. The summed E-state index contributed by atoms with van der Waals surface area (Å²) in [5, 5.41) is 2.37. The number of benzene rings is 1. The zero-order valence-electron chi connectivity index (χ0n) is 10.1. The minimum Gasteiger partial charge on any atom is -0.288 e. The van der Waals surface area contributed by atoms with Gasteiger partial charge in [0.25, 0.3) is 0 Å². The number of hydrogen-bond acceptors (Lipinski definition) is 3. The fraction of sp³-hybridized carbons (Fsp3) is 0.200. The third-order valence-electron chi connectivity index (χ3n) is 2.44. The van der Waals surface area contributed by atoms with E-state index in [0.29, 0.717) is 0 Å². The maximum atomic E-state index is 10.8. The lowest BCUT2D eigenvalue weighted by Crippen LogP contribution is -1.84. The number of rotatable bonds is 2. The van der Waals surface area contributed by atoms with Crippen molar-refractivity contribution in [3.8, 4) is 11.8 Å². The van der Waals surface area contributed by atoms with Gasteiger partial charge in [-0.05, 0) is 17.5 Å². The van der Waals surface area contributed by atoms with Gasteiger partial charge in [-0.2, -0.15) is 0 Å². The zero-order valence-corrected chi connectivity index (χ0v) is 11.0. The molecule has 0 bridgehead atoms. The molecule has 0 aliphatic carbocycles. The molecule has 0 unspecified atom stereocenters. The minimum atomic E-state index is 0.145. The number of nitrogens with zero attached hydrogens (tertiary/aromatic N) is 1. The molecule has 18 heavy (non-hydrogen) atoms. The molecule has 0 N–H and O–H groups in total. The highest BCUT2D eigenvalue weighted by atomic mass is 32.2. The van der Waals surface area contributed by atoms with E-state index in [-0.39, 0.29) is 5.12 Å². The van der Waals surface area contributed by atoms with Crippen LogP contribution in [0.2, 0.25) is 0 Å². The van der Waals surface area contributed by atoms with E-state index in [1.165, 1.54) is 11.8 Å². The molecule has 2 nitrogen and oxygen atoms in total. The zero-order chi connectivity index (χ0) is 12.8. The lowest BCUT2D eigenvalue weighted by molar-refractivity contribution is -0.109. The third-order valence-corrected chi connectivity index (χ3v) is 3.25. The van der Waals surface area contributed by atoms with E-state index in [0.717, 1.165) is 28.5 Å². The first-order valence-corrected chi connectivity index (χ1v) is 6.71. The van der Waals surface area contributed by atoms with Crippen LogP contribution in [0.5, 0.6) is 0 Å². The van der Waals surface area contributed by atoms with Crippen LogP contribution >= 0.6 is 11.8 Å². The maximum absolute atomic E-state index is 10.8. The van der Waals surface area contributed by atoms with Crippen molar-refractivity contribution in [2.45, 2.75) is 13.3 Å². The summed E-state index contributed by atoms with van der Waals surface area (Å²) in [4.78, 5) is 14.9. The Morgan fingerprint density at radius 2 is 2.28 bits per heavy atom. The average molecular weight is 255 g/mol. The van der Waals surface area contributed by atoms with E-state index in [2.05, 4.69) is 16.8 Å². The van der Waals surface area contributed by atoms with Crippen molar-refractivity contribution < 1.29 is 4.79 Å². The first-order chi connectivity index (χ1) is 8.77. The normalized spacial score (nSPS) is 9.83. The number of carbonyl (C=O) groups excluding carboxylic acids is 1. The van der Waals surface area contributed by atoms with Gasteiger partial charge in [-0.1, -0.05) is 35.7 Å². The highest BCUT2D eigenvalue weighted by Crippen LogP contribution is 2.16. The molecule has 0 fully saturated rings. The molecule has 2 rings (SSSR count). The van der Waals surface area contributed by atoms with Gasteiger partial charge in [-0.25, -0.2) is 0 Å². The van der Waals surface area contributed by atoms with Gasteiger partial charge in [0.15, 0.2) is 5.12 Å². The minimum absolute atomic E-state index is 0.145. The van der Waals surface area contributed by atoms with Crippen molar-refractivity contribution in [2.24, 2.45) is 0 Å². The molecule has 0 amide bonds. The van der Waals surface area contributed by atoms with Crippen LogP contribution in [0.15, 0.2) is 36.7 Å². The molecule has 3 heteroatoms. The summed E-state index contributed by atoms with van der Waals surface area (Å²) < 4.78 is 0. The summed E-state index contributed by atoms with van der Waals surface area (Å²) in [6, 6.07) is 8.02. The Kier molecular flexibility index (Phi) is 4.38. The highest BCUT2D eigenvalue weighted by molar-refractivity contribution is 8.13. The van der Waals surface area contributed by atoms with Crippen LogP contribution in [-0.4, -0.2) is 15.9 Å². The predicted molar refractivity (Wildman–Crippen MR) is 76.4 cm³/mol. The Morgan fingerprint density at radius 3 is 3.11 bits per heavy atom. The Balaban J connectivity index is 2.12. The van der Waals surface area contributed by atoms with E-state index in [4.69, 9.17) is 0 Å². The monoisotopic (exact) mass is 255 g/mol. The topological polar surface area (TPSA) is 30.0 Å². The standard InChI is InChI=1S/C15H13NOS/c1-12(17)18-10-3-2-5-13-6-4-7-14-8-9-16-11-15(13)14/h4,6-9,11H,3,10H2,1H3. The van der Waals surface area contributed by atoms with Gasteiger partial charge in [0, 0.05) is 42.4 Å². The fourth-order valence-electron chi connectivity index (χ4n) is 1.63. The number of hydrogen-bond donors (Lipinski definition) is 0. The van der Waals surface area contributed by atoms with Crippen LogP contribution in [0.3, 0.4) is 0 Å². The summed E-state index contributed by atoms with van der Waals surface area (Å²) in [5.41, 5.74) is 0.994. The molecule has 0 saturated heterocycles. The van der Waals surface area contributed by atoms with Gasteiger partial charge in [0.2, 0.25) is 0 Å². The van der Waals surface area contributed by atoms with Crippen LogP contribution in [0.25, 0.3) is 10.8 Å². The molecule has 0 aliphatic rings. The molecule has 0 radical (unpaired) electrons. The first-order valence-electron chi connectivity index (χ1n) is 5.72. The van der Waals surface area contributed by atoms with E-state index < -0.39 is 0 Å². The summed E-state index contributed by atoms with van der Waals surface area (Å²) in [6.45, 7) is 1.58. The van der Waals surface area contributed by atoms with Crippen molar-refractivity contribution in [2.75, 3.05) is 5.75 Å². The van der Waals surface area contributed by atoms with Crippen molar-refractivity contribution in [1.82, 2.24) is 4.98 Å². The predicted octanol–water partition coefficient (Wildman–Crippen LogP) is 3.26. The molecule has 0 saturated carbocycles. The molecule has 1 aromatic carbocycles. The van der Waals surface area contributed by atoms with Crippen molar-refractivity contribution in [3.05, 3.63) is 42.2 Å². The van der Waals surface area contributed by atoms with Crippen LogP contribution in [-0.2, 0) is 4.79 Å². The molecular weight excluding hydrogens is 242 g/mol. The molecule has 0 spiro atoms. The second-order valence-electron chi connectivity index (χ2n) is 3.79. The van der Waals surface area contributed by atoms with E-state index in [1.807, 2.05) is 30.5 Å². The van der Waals surface area contributed by atoms with Crippen molar-refractivity contribution >= 4 is 27.6 Å². The quantitative estimate of drug-likeness (QED) is 0.609. The molecule has 1 heterocycles. The van der Waals surface area contributed by atoms with Crippen molar-refractivity contribution in [3.63, 3.8) is 0 Å². The van der Waals surface area contributed by atoms with Crippen LogP contribution in [0.4, 0.5) is 0 Å². The number of thioether (sulfide) groups is 1. The van der Waals surface area contributed by atoms with E-state index in [9.17, 15) is 4.79 Å². The van der Waals surface area contributed by atoms with Crippen LogP contribution in [0.1, 0.15) is 18.9 Å². The summed E-state index contributed by atoms with van der Waals surface area (Å²) in [5.74, 6) is 7.00. The second-order valence-corrected chi connectivity index (χ2v) is 5.07. The maximum Gasteiger partial charge on any atom is 0.185 e. The number of pyridine rings is 1. The van der Waals surface area contributed by atoms with Crippen LogP contribution in [0, 0.1) is 11.8 Å². The lowest BCUT2D eigenvalue weighted by atomic mass is 10.1. The number of aromatic nitrogens is 1. The Hall–Kier alpha value is -1.79. The second kappa shape index (κ2) is 6.23. The molecule has 2 aromatic rings. The van der Waals surface area contributed by atoms with Gasteiger partial charge < -0.3 is 0 Å². The highest BCUT2D eigenvalue weighted by Gasteiger charge is 1.96. The van der Waals surface area contributed by atoms with Gasteiger partial charge in [0.1, 0.15) is 0 Å². The average Bonchev–Trinajstić information content (AvgIpc) is 2.38. The van der Waals surface area contributed by atoms with Gasteiger partial charge in [0.05, 0.1) is 0 Å². The van der Waals surface area contributed by atoms with Gasteiger partial charge in [-0.3, -0.25) is 9.78 Å². The summed E-state index contributed by atoms with van der Waals surface area (Å²) in [7, 11) is 0.